The number of carbonyl (C=O) groups excluding carboxylic acids is 2. The molecule has 1 unspecified atom stereocenters. The SMILES string of the molecule is CC(=O)Nc1ccc(NC(=O)c2cc3c(s2)CCC(C)C3)cc1C. The molecule has 2 amide bonds. The maximum Gasteiger partial charge on any atom is 0.265 e. The number of thiophene rings is 1. The van der Waals surface area contributed by atoms with E-state index in [1.165, 1.54) is 23.8 Å². The molecule has 2 aromatic rings. The minimum atomic E-state index is -0.103. The number of rotatable bonds is 3. The van der Waals surface area contributed by atoms with Crippen molar-refractivity contribution in [1.82, 2.24) is 0 Å². The largest absolute Gasteiger partial charge is 0.326 e. The molecule has 1 aromatic heterocycles. The molecule has 0 radical (unpaired) electrons. The van der Waals surface area contributed by atoms with E-state index < -0.39 is 0 Å². The number of fused-ring (bicyclic) bond motifs is 1. The van der Waals surface area contributed by atoms with Crippen LogP contribution in [0.3, 0.4) is 0 Å². The van der Waals surface area contributed by atoms with E-state index in [0.29, 0.717) is 5.92 Å². The molecular formula is C19H22N2O2S. The minimum Gasteiger partial charge on any atom is -0.326 e. The summed E-state index contributed by atoms with van der Waals surface area (Å²) in [6.07, 6.45) is 3.36. The fourth-order valence-corrected chi connectivity index (χ4v) is 4.19. The predicted molar refractivity (Wildman–Crippen MR) is 98.9 cm³/mol. The van der Waals surface area contributed by atoms with Crippen molar-refractivity contribution in [3.8, 4) is 0 Å². The molecule has 0 spiro atoms. The third kappa shape index (κ3) is 3.67. The van der Waals surface area contributed by atoms with Gasteiger partial charge in [0, 0.05) is 23.2 Å². The van der Waals surface area contributed by atoms with Crippen LogP contribution in [0, 0.1) is 12.8 Å². The number of hydrogen-bond acceptors (Lipinski definition) is 3. The summed E-state index contributed by atoms with van der Waals surface area (Å²) < 4.78 is 0. The normalized spacial score (nSPS) is 16.4. The summed E-state index contributed by atoms with van der Waals surface area (Å²) >= 11 is 1.61. The minimum absolute atomic E-state index is 0.0614. The Balaban J connectivity index is 1.73. The Kier molecular flexibility index (Phi) is 4.71. The molecule has 0 fully saturated rings. The van der Waals surface area contributed by atoms with E-state index in [1.807, 2.05) is 31.2 Å². The van der Waals surface area contributed by atoms with Crippen LogP contribution in [-0.4, -0.2) is 11.8 Å². The van der Waals surface area contributed by atoms with Crippen molar-refractivity contribution >= 4 is 34.5 Å². The molecule has 126 valence electrons. The summed E-state index contributed by atoms with van der Waals surface area (Å²) in [5.41, 5.74) is 3.76. The first-order valence-corrected chi connectivity index (χ1v) is 9.05. The van der Waals surface area contributed by atoms with Crippen molar-refractivity contribution in [2.75, 3.05) is 10.6 Å². The van der Waals surface area contributed by atoms with Crippen LogP contribution < -0.4 is 10.6 Å². The summed E-state index contributed by atoms with van der Waals surface area (Å²) in [7, 11) is 0. The van der Waals surface area contributed by atoms with Crippen LogP contribution in [-0.2, 0) is 17.6 Å². The predicted octanol–water partition coefficient (Wildman–Crippen LogP) is 4.39. The molecule has 0 saturated heterocycles. The molecule has 5 heteroatoms. The Labute approximate surface area is 146 Å². The van der Waals surface area contributed by atoms with E-state index in [1.54, 1.807) is 11.3 Å². The third-order valence-electron chi connectivity index (χ3n) is 4.35. The highest BCUT2D eigenvalue weighted by molar-refractivity contribution is 7.14. The smallest absolute Gasteiger partial charge is 0.265 e. The van der Waals surface area contributed by atoms with E-state index in [0.717, 1.165) is 34.7 Å². The van der Waals surface area contributed by atoms with Crippen LogP contribution in [0.4, 0.5) is 11.4 Å². The van der Waals surface area contributed by atoms with Crippen molar-refractivity contribution in [3.63, 3.8) is 0 Å². The first kappa shape index (κ1) is 16.7. The van der Waals surface area contributed by atoms with Crippen LogP contribution in [0.25, 0.3) is 0 Å². The van der Waals surface area contributed by atoms with Gasteiger partial charge in [0.15, 0.2) is 0 Å². The van der Waals surface area contributed by atoms with E-state index in [-0.39, 0.29) is 11.8 Å². The number of nitrogens with one attached hydrogen (secondary N) is 2. The first-order valence-electron chi connectivity index (χ1n) is 8.23. The van der Waals surface area contributed by atoms with Crippen molar-refractivity contribution in [1.29, 1.82) is 0 Å². The average Bonchev–Trinajstić information content (AvgIpc) is 2.93. The second-order valence-electron chi connectivity index (χ2n) is 6.57. The molecule has 1 heterocycles. The standard InChI is InChI=1S/C19H22N2O2S/c1-11-4-7-17-14(8-11)10-18(24-17)19(23)21-15-5-6-16(12(2)9-15)20-13(3)22/h5-6,9-11H,4,7-8H2,1-3H3,(H,20,22)(H,21,23). The molecule has 3 rings (SSSR count). The Morgan fingerprint density at radius 2 is 2.00 bits per heavy atom. The van der Waals surface area contributed by atoms with Gasteiger partial charge in [0.25, 0.3) is 5.91 Å². The summed E-state index contributed by atoms with van der Waals surface area (Å²) in [5.74, 6) is 0.536. The Morgan fingerprint density at radius 1 is 1.21 bits per heavy atom. The zero-order valence-corrected chi connectivity index (χ0v) is 15.0. The third-order valence-corrected chi connectivity index (χ3v) is 5.58. The van der Waals surface area contributed by atoms with E-state index in [2.05, 4.69) is 17.6 Å². The maximum absolute atomic E-state index is 12.5. The molecular weight excluding hydrogens is 320 g/mol. The highest BCUT2D eigenvalue weighted by Gasteiger charge is 2.20. The molecule has 1 atom stereocenters. The molecule has 0 saturated carbocycles. The maximum atomic E-state index is 12.5. The highest BCUT2D eigenvalue weighted by Crippen LogP contribution is 2.32. The van der Waals surface area contributed by atoms with Gasteiger partial charge in [0.2, 0.25) is 5.91 Å². The first-order chi connectivity index (χ1) is 11.4. The van der Waals surface area contributed by atoms with Gasteiger partial charge >= 0.3 is 0 Å². The number of amides is 2. The number of hydrogen-bond donors (Lipinski definition) is 2. The average molecular weight is 342 g/mol. The van der Waals surface area contributed by atoms with Gasteiger partial charge in [0.05, 0.1) is 4.88 Å². The molecule has 1 aliphatic carbocycles. The van der Waals surface area contributed by atoms with Gasteiger partial charge in [-0.15, -0.1) is 11.3 Å². The van der Waals surface area contributed by atoms with Crippen LogP contribution in [0.2, 0.25) is 0 Å². The Hall–Kier alpha value is -2.14. The summed E-state index contributed by atoms with van der Waals surface area (Å²) in [4.78, 5) is 25.8. The summed E-state index contributed by atoms with van der Waals surface area (Å²) in [6.45, 7) is 5.65. The molecule has 1 aliphatic rings. The van der Waals surface area contributed by atoms with Crippen LogP contribution in [0.5, 0.6) is 0 Å². The Bertz CT molecular complexity index is 795. The lowest BCUT2D eigenvalue weighted by Gasteiger charge is -2.16. The molecule has 0 bridgehead atoms. The van der Waals surface area contributed by atoms with E-state index in [4.69, 9.17) is 0 Å². The summed E-state index contributed by atoms with van der Waals surface area (Å²) in [6, 6.07) is 7.54. The van der Waals surface area contributed by atoms with Gasteiger partial charge in [-0.05, 0) is 67.5 Å². The highest BCUT2D eigenvalue weighted by atomic mass is 32.1. The molecule has 2 N–H and O–H groups in total. The van der Waals surface area contributed by atoms with Crippen molar-refractivity contribution in [3.05, 3.63) is 45.1 Å². The zero-order valence-electron chi connectivity index (χ0n) is 14.2. The number of carbonyl (C=O) groups is 2. The lowest BCUT2D eigenvalue weighted by molar-refractivity contribution is -0.114. The number of aryl methyl sites for hydroxylation is 2. The van der Waals surface area contributed by atoms with Crippen LogP contribution in [0.1, 0.15) is 45.9 Å². The molecule has 1 aromatic carbocycles. The van der Waals surface area contributed by atoms with Gasteiger partial charge in [-0.1, -0.05) is 6.92 Å². The van der Waals surface area contributed by atoms with Crippen molar-refractivity contribution < 1.29 is 9.59 Å². The van der Waals surface area contributed by atoms with Crippen LogP contribution in [0.15, 0.2) is 24.3 Å². The topological polar surface area (TPSA) is 58.2 Å². The second-order valence-corrected chi connectivity index (χ2v) is 7.71. The number of anilines is 2. The van der Waals surface area contributed by atoms with Gasteiger partial charge in [-0.2, -0.15) is 0 Å². The van der Waals surface area contributed by atoms with Crippen LogP contribution >= 0.6 is 11.3 Å². The van der Waals surface area contributed by atoms with Gasteiger partial charge in [-0.25, -0.2) is 0 Å². The number of benzene rings is 1. The fourth-order valence-electron chi connectivity index (χ4n) is 3.08. The lowest BCUT2D eigenvalue weighted by atomic mass is 9.90. The van der Waals surface area contributed by atoms with E-state index in [9.17, 15) is 9.59 Å². The van der Waals surface area contributed by atoms with Crippen molar-refractivity contribution in [2.24, 2.45) is 5.92 Å². The molecule has 4 nitrogen and oxygen atoms in total. The van der Waals surface area contributed by atoms with E-state index >= 15 is 0 Å². The zero-order chi connectivity index (χ0) is 17.3. The summed E-state index contributed by atoms with van der Waals surface area (Å²) in [5, 5.41) is 5.73. The van der Waals surface area contributed by atoms with Gasteiger partial charge in [0.1, 0.15) is 0 Å². The lowest BCUT2D eigenvalue weighted by Crippen LogP contribution is -2.11. The quantitative estimate of drug-likeness (QED) is 0.869. The molecule has 24 heavy (non-hydrogen) atoms. The fraction of sp³-hybridized carbons (Fsp3) is 0.368. The van der Waals surface area contributed by atoms with Crippen molar-refractivity contribution in [2.45, 2.75) is 40.0 Å². The second kappa shape index (κ2) is 6.77. The Morgan fingerprint density at radius 3 is 2.71 bits per heavy atom. The van der Waals surface area contributed by atoms with Gasteiger partial charge in [-0.3, -0.25) is 9.59 Å². The van der Waals surface area contributed by atoms with Gasteiger partial charge < -0.3 is 10.6 Å². The molecule has 0 aliphatic heterocycles. The monoisotopic (exact) mass is 342 g/mol.